The summed E-state index contributed by atoms with van der Waals surface area (Å²) in [7, 11) is 0. The second-order valence-electron chi connectivity index (χ2n) is 3.87. The number of benzene rings is 1. The van der Waals surface area contributed by atoms with E-state index in [0.29, 0.717) is 0 Å². The second kappa shape index (κ2) is 8.78. The summed E-state index contributed by atoms with van der Waals surface area (Å²) >= 11 is 5.67. The lowest BCUT2D eigenvalue weighted by Gasteiger charge is -2.06. The minimum atomic E-state index is -0.908. The van der Waals surface area contributed by atoms with E-state index in [1.54, 1.807) is 6.92 Å². The van der Waals surface area contributed by atoms with Crippen molar-refractivity contribution in [3.8, 4) is 0 Å². The summed E-state index contributed by atoms with van der Waals surface area (Å²) in [5, 5.41) is 2.44. The fraction of sp³-hybridized carbons (Fsp3) is 0.214. The Morgan fingerprint density at radius 1 is 1.23 bits per heavy atom. The zero-order valence-electron chi connectivity index (χ0n) is 11.6. The highest BCUT2D eigenvalue weighted by atomic mass is 35.5. The molecule has 0 saturated carbocycles. The molecule has 118 valence electrons. The van der Waals surface area contributed by atoms with E-state index in [9.17, 15) is 18.8 Å². The third kappa shape index (κ3) is 6.36. The van der Waals surface area contributed by atoms with Crippen LogP contribution in [0, 0.1) is 5.82 Å². The highest BCUT2D eigenvalue weighted by molar-refractivity contribution is 6.30. The van der Waals surface area contributed by atoms with E-state index in [1.165, 1.54) is 12.1 Å². The molecule has 1 aromatic carbocycles. The van der Waals surface area contributed by atoms with E-state index >= 15 is 0 Å². The summed E-state index contributed by atoms with van der Waals surface area (Å²) in [5.41, 5.74) is -0.129. The molecule has 0 saturated heterocycles. The molecule has 0 heterocycles. The number of ether oxygens (including phenoxy) is 2. The van der Waals surface area contributed by atoms with Crippen molar-refractivity contribution in [1.82, 2.24) is 0 Å². The van der Waals surface area contributed by atoms with Gasteiger partial charge in [0.1, 0.15) is 5.82 Å². The topological polar surface area (TPSA) is 81.7 Å². The second-order valence-corrected chi connectivity index (χ2v) is 4.30. The molecule has 0 aliphatic rings. The predicted octanol–water partition coefficient (Wildman–Crippen LogP) is 2.08. The van der Waals surface area contributed by atoms with Crippen LogP contribution < -0.4 is 5.32 Å². The van der Waals surface area contributed by atoms with Crippen molar-refractivity contribution in [3.63, 3.8) is 0 Å². The van der Waals surface area contributed by atoms with Gasteiger partial charge in [-0.25, -0.2) is 14.0 Å². The normalized spacial score (nSPS) is 10.3. The number of nitrogens with one attached hydrogen (secondary N) is 1. The fourth-order valence-corrected chi connectivity index (χ4v) is 1.46. The summed E-state index contributed by atoms with van der Waals surface area (Å²) in [4.78, 5) is 33.7. The van der Waals surface area contributed by atoms with E-state index in [4.69, 9.17) is 11.6 Å². The lowest BCUT2D eigenvalue weighted by atomic mass is 10.3. The number of carbonyl (C=O) groups excluding carboxylic acids is 3. The van der Waals surface area contributed by atoms with Gasteiger partial charge in [0, 0.05) is 17.2 Å². The molecular weight excluding hydrogens is 317 g/mol. The third-order valence-electron chi connectivity index (χ3n) is 2.19. The number of halogens is 2. The van der Waals surface area contributed by atoms with Gasteiger partial charge in [0.25, 0.3) is 5.91 Å². The third-order valence-corrected chi connectivity index (χ3v) is 2.43. The molecule has 1 amide bonds. The van der Waals surface area contributed by atoms with Crippen molar-refractivity contribution in [1.29, 1.82) is 0 Å². The molecule has 0 aliphatic heterocycles. The number of rotatable bonds is 6. The Hall–Kier alpha value is -2.41. The fourth-order valence-electron chi connectivity index (χ4n) is 1.29. The molecule has 0 fully saturated rings. The Labute approximate surface area is 130 Å². The zero-order chi connectivity index (χ0) is 16.5. The van der Waals surface area contributed by atoms with Crippen LogP contribution in [0.1, 0.15) is 6.92 Å². The van der Waals surface area contributed by atoms with E-state index in [-0.39, 0.29) is 17.3 Å². The molecule has 0 radical (unpaired) electrons. The van der Waals surface area contributed by atoms with Crippen LogP contribution in [0.5, 0.6) is 0 Å². The Bertz CT molecular complexity index is 603. The molecule has 0 atom stereocenters. The van der Waals surface area contributed by atoms with Crippen LogP contribution in [0.15, 0.2) is 30.4 Å². The van der Waals surface area contributed by atoms with Gasteiger partial charge in [0.2, 0.25) is 0 Å². The molecule has 8 heteroatoms. The smallest absolute Gasteiger partial charge is 0.331 e. The molecule has 1 N–H and O–H groups in total. The van der Waals surface area contributed by atoms with Gasteiger partial charge in [0.15, 0.2) is 6.61 Å². The van der Waals surface area contributed by atoms with E-state index in [2.05, 4.69) is 14.8 Å². The van der Waals surface area contributed by atoms with Crippen LogP contribution in [0.2, 0.25) is 5.02 Å². The van der Waals surface area contributed by atoms with Crippen LogP contribution in [-0.2, 0) is 23.9 Å². The maximum atomic E-state index is 13.4. The van der Waals surface area contributed by atoms with Gasteiger partial charge >= 0.3 is 11.9 Å². The summed E-state index contributed by atoms with van der Waals surface area (Å²) < 4.78 is 22.5. The minimum absolute atomic E-state index is 0.129. The van der Waals surface area contributed by atoms with Gasteiger partial charge < -0.3 is 14.8 Å². The number of hydrogen-bond acceptors (Lipinski definition) is 5. The van der Waals surface area contributed by atoms with Crippen molar-refractivity contribution in [2.45, 2.75) is 6.92 Å². The Balaban J connectivity index is 2.44. The first-order chi connectivity index (χ1) is 10.4. The zero-order valence-corrected chi connectivity index (χ0v) is 12.4. The average Bonchev–Trinajstić information content (AvgIpc) is 2.47. The lowest BCUT2D eigenvalue weighted by Crippen LogP contribution is -2.20. The van der Waals surface area contributed by atoms with E-state index in [0.717, 1.165) is 18.2 Å². The standard InChI is InChI=1S/C14H13ClFNO5/c1-2-21-13(19)5-6-14(20)22-8-12(18)17-11-7-9(15)3-4-10(11)16/h3-7H,2,8H2,1H3,(H,17,18)/b6-5+. The molecule has 0 unspecified atom stereocenters. The van der Waals surface area contributed by atoms with Crippen molar-refractivity contribution in [2.75, 3.05) is 18.5 Å². The molecule has 1 aromatic rings. The van der Waals surface area contributed by atoms with Gasteiger partial charge in [-0.1, -0.05) is 11.6 Å². The Morgan fingerprint density at radius 2 is 1.86 bits per heavy atom. The number of amides is 1. The highest BCUT2D eigenvalue weighted by Gasteiger charge is 2.09. The maximum absolute atomic E-state index is 13.4. The number of hydrogen-bond donors (Lipinski definition) is 1. The average molecular weight is 330 g/mol. The first kappa shape index (κ1) is 17.6. The summed E-state index contributed by atoms with van der Waals surface area (Å²) in [6.45, 7) is 1.15. The van der Waals surface area contributed by atoms with Crippen LogP contribution >= 0.6 is 11.6 Å². The molecule has 22 heavy (non-hydrogen) atoms. The van der Waals surface area contributed by atoms with Crippen LogP contribution in [0.4, 0.5) is 10.1 Å². The van der Waals surface area contributed by atoms with Gasteiger partial charge in [-0.2, -0.15) is 0 Å². The van der Waals surface area contributed by atoms with E-state index in [1.807, 2.05) is 0 Å². The van der Waals surface area contributed by atoms with Crippen LogP contribution in [-0.4, -0.2) is 31.1 Å². The predicted molar refractivity (Wildman–Crippen MR) is 76.8 cm³/mol. The summed E-state index contributed by atoms with van der Waals surface area (Å²) in [6.07, 6.45) is 1.70. The maximum Gasteiger partial charge on any atom is 0.331 e. The molecule has 1 rings (SSSR count). The molecular formula is C14H13ClFNO5. The van der Waals surface area contributed by atoms with Gasteiger partial charge in [-0.15, -0.1) is 0 Å². The molecule has 6 nitrogen and oxygen atoms in total. The van der Waals surface area contributed by atoms with Crippen molar-refractivity contribution in [3.05, 3.63) is 41.2 Å². The summed E-state index contributed by atoms with van der Waals surface area (Å²) in [5.74, 6) is -3.04. The Kier molecular flexibility index (Phi) is 7.04. The van der Waals surface area contributed by atoms with Gasteiger partial charge in [-0.05, 0) is 25.1 Å². The van der Waals surface area contributed by atoms with Crippen molar-refractivity contribution in [2.24, 2.45) is 0 Å². The number of anilines is 1. The number of esters is 2. The monoisotopic (exact) mass is 329 g/mol. The van der Waals surface area contributed by atoms with Crippen molar-refractivity contribution >= 4 is 35.1 Å². The van der Waals surface area contributed by atoms with Crippen molar-refractivity contribution < 1.29 is 28.2 Å². The van der Waals surface area contributed by atoms with Crippen LogP contribution in [0.3, 0.4) is 0 Å². The molecule has 0 aromatic heterocycles. The first-order valence-electron chi connectivity index (χ1n) is 6.19. The molecule has 0 aliphatic carbocycles. The minimum Gasteiger partial charge on any atom is -0.463 e. The highest BCUT2D eigenvalue weighted by Crippen LogP contribution is 2.19. The Morgan fingerprint density at radius 3 is 2.50 bits per heavy atom. The lowest BCUT2D eigenvalue weighted by molar-refractivity contribution is -0.143. The van der Waals surface area contributed by atoms with E-state index < -0.39 is 30.3 Å². The first-order valence-corrected chi connectivity index (χ1v) is 6.56. The number of carbonyl (C=O) groups is 3. The SMILES string of the molecule is CCOC(=O)/C=C/C(=O)OCC(=O)Nc1cc(Cl)ccc1F. The molecule has 0 bridgehead atoms. The van der Waals surface area contributed by atoms with Gasteiger partial charge in [0.05, 0.1) is 12.3 Å². The largest absolute Gasteiger partial charge is 0.463 e. The molecule has 0 spiro atoms. The van der Waals surface area contributed by atoms with Crippen LogP contribution in [0.25, 0.3) is 0 Å². The quantitative estimate of drug-likeness (QED) is 0.638. The van der Waals surface area contributed by atoms with Gasteiger partial charge in [-0.3, -0.25) is 4.79 Å². The summed E-state index contributed by atoms with van der Waals surface area (Å²) in [6, 6.07) is 3.63.